The number of imide groups is 1. The standard InChI is InChI=1S/C22H24N2O4S/c1-3-22(13-12-19(25)24-21(22)27)16-8-10-17(11-9-16)23-20(26)14-15-6-4-5-7-18(15)29(2)28/h4-11H,3,12-14H2,1-2H3,(H,23,26)(H,24,25,27). The summed E-state index contributed by atoms with van der Waals surface area (Å²) in [7, 11) is -1.16. The average Bonchev–Trinajstić information content (AvgIpc) is 2.69. The first kappa shape index (κ1) is 20.9. The Morgan fingerprint density at radius 2 is 1.83 bits per heavy atom. The van der Waals surface area contributed by atoms with Crippen LogP contribution in [-0.2, 0) is 37.0 Å². The van der Waals surface area contributed by atoms with Crippen molar-refractivity contribution < 1.29 is 18.6 Å². The molecular formula is C22H24N2O4S. The zero-order valence-electron chi connectivity index (χ0n) is 16.5. The lowest BCUT2D eigenvalue weighted by atomic mass is 9.72. The van der Waals surface area contributed by atoms with Crippen LogP contribution in [0.5, 0.6) is 0 Å². The Kier molecular flexibility index (Phi) is 6.27. The second-order valence-electron chi connectivity index (χ2n) is 7.18. The highest BCUT2D eigenvalue weighted by Gasteiger charge is 2.42. The van der Waals surface area contributed by atoms with Crippen molar-refractivity contribution in [1.82, 2.24) is 5.32 Å². The molecule has 2 aromatic rings. The molecule has 7 heteroatoms. The summed E-state index contributed by atoms with van der Waals surface area (Å²) in [6.45, 7) is 1.93. The topological polar surface area (TPSA) is 92.3 Å². The number of nitrogens with one attached hydrogen (secondary N) is 2. The van der Waals surface area contributed by atoms with E-state index in [4.69, 9.17) is 0 Å². The molecule has 0 aromatic heterocycles. The van der Waals surface area contributed by atoms with Crippen LogP contribution >= 0.6 is 0 Å². The van der Waals surface area contributed by atoms with Crippen LogP contribution in [0.2, 0.25) is 0 Å². The summed E-state index contributed by atoms with van der Waals surface area (Å²) in [6.07, 6.45) is 3.10. The summed E-state index contributed by atoms with van der Waals surface area (Å²) >= 11 is 0. The molecule has 2 unspecified atom stereocenters. The summed E-state index contributed by atoms with van der Waals surface area (Å²) in [5.74, 6) is -0.713. The third kappa shape index (κ3) is 4.45. The van der Waals surface area contributed by atoms with Crippen LogP contribution in [0, 0.1) is 0 Å². The van der Waals surface area contributed by atoms with Crippen LogP contribution in [0.4, 0.5) is 5.69 Å². The van der Waals surface area contributed by atoms with Gasteiger partial charge in [-0.25, -0.2) is 0 Å². The van der Waals surface area contributed by atoms with E-state index in [-0.39, 0.29) is 24.1 Å². The van der Waals surface area contributed by atoms with E-state index in [1.165, 1.54) is 0 Å². The first-order valence-electron chi connectivity index (χ1n) is 9.52. The highest BCUT2D eigenvalue weighted by Crippen LogP contribution is 2.36. The van der Waals surface area contributed by atoms with E-state index >= 15 is 0 Å². The molecule has 1 fully saturated rings. The van der Waals surface area contributed by atoms with Crippen molar-refractivity contribution in [2.75, 3.05) is 11.6 Å². The number of amides is 3. The lowest BCUT2D eigenvalue weighted by Gasteiger charge is -2.35. The van der Waals surface area contributed by atoms with E-state index in [1.807, 2.05) is 25.1 Å². The second kappa shape index (κ2) is 8.69. The fourth-order valence-corrected chi connectivity index (χ4v) is 4.53. The molecule has 0 saturated carbocycles. The van der Waals surface area contributed by atoms with Gasteiger partial charge in [-0.05, 0) is 42.2 Å². The quantitative estimate of drug-likeness (QED) is 0.714. The Hall–Kier alpha value is -2.80. The van der Waals surface area contributed by atoms with Gasteiger partial charge < -0.3 is 5.32 Å². The van der Waals surface area contributed by atoms with Gasteiger partial charge in [0, 0.05) is 23.3 Å². The molecule has 6 nitrogen and oxygen atoms in total. The van der Waals surface area contributed by atoms with Crippen molar-refractivity contribution in [1.29, 1.82) is 0 Å². The van der Waals surface area contributed by atoms with Gasteiger partial charge in [-0.15, -0.1) is 0 Å². The molecule has 2 N–H and O–H groups in total. The number of rotatable bonds is 6. The lowest BCUT2D eigenvalue weighted by Crippen LogP contribution is -2.51. The molecule has 0 spiro atoms. The van der Waals surface area contributed by atoms with Crippen molar-refractivity contribution in [2.45, 2.75) is 42.9 Å². The molecule has 2 aromatic carbocycles. The molecule has 0 aliphatic carbocycles. The Morgan fingerprint density at radius 3 is 2.45 bits per heavy atom. The van der Waals surface area contributed by atoms with Gasteiger partial charge in [0.2, 0.25) is 17.7 Å². The summed E-state index contributed by atoms with van der Waals surface area (Å²) in [4.78, 5) is 37.1. The van der Waals surface area contributed by atoms with Gasteiger partial charge in [0.15, 0.2) is 0 Å². The third-order valence-corrected chi connectivity index (χ3v) is 6.44. The number of benzene rings is 2. The first-order chi connectivity index (χ1) is 13.9. The van der Waals surface area contributed by atoms with Gasteiger partial charge in [0.05, 0.1) is 22.6 Å². The van der Waals surface area contributed by atoms with Gasteiger partial charge in [-0.3, -0.25) is 23.9 Å². The summed E-state index contributed by atoms with van der Waals surface area (Å²) < 4.78 is 11.8. The summed E-state index contributed by atoms with van der Waals surface area (Å²) in [5, 5.41) is 5.28. The van der Waals surface area contributed by atoms with E-state index < -0.39 is 16.2 Å². The Morgan fingerprint density at radius 1 is 1.14 bits per heavy atom. The largest absolute Gasteiger partial charge is 0.326 e. The number of carbonyl (C=O) groups is 3. The molecule has 2 atom stereocenters. The monoisotopic (exact) mass is 412 g/mol. The number of anilines is 1. The maximum absolute atomic E-state index is 12.5. The predicted molar refractivity (Wildman–Crippen MR) is 112 cm³/mol. The van der Waals surface area contributed by atoms with Crippen molar-refractivity contribution in [3.05, 3.63) is 59.7 Å². The molecule has 1 aliphatic heterocycles. The lowest BCUT2D eigenvalue weighted by molar-refractivity contribution is -0.138. The smallest absolute Gasteiger partial charge is 0.237 e. The van der Waals surface area contributed by atoms with E-state index in [0.717, 1.165) is 11.1 Å². The first-order valence-corrected chi connectivity index (χ1v) is 11.1. The van der Waals surface area contributed by atoms with Gasteiger partial charge >= 0.3 is 0 Å². The van der Waals surface area contributed by atoms with Gasteiger partial charge in [-0.2, -0.15) is 0 Å². The number of piperidine rings is 1. The molecule has 0 bridgehead atoms. The predicted octanol–water partition coefficient (Wildman–Crippen LogP) is 2.69. The molecule has 152 valence electrons. The molecule has 29 heavy (non-hydrogen) atoms. The van der Waals surface area contributed by atoms with Gasteiger partial charge in [0.1, 0.15) is 0 Å². The second-order valence-corrected chi connectivity index (χ2v) is 8.53. The van der Waals surface area contributed by atoms with Gasteiger partial charge in [0.25, 0.3) is 0 Å². The van der Waals surface area contributed by atoms with E-state index in [0.29, 0.717) is 29.8 Å². The van der Waals surface area contributed by atoms with E-state index in [1.54, 1.807) is 36.6 Å². The molecule has 1 heterocycles. The molecule has 3 rings (SSSR count). The van der Waals surface area contributed by atoms with Crippen molar-refractivity contribution in [3.8, 4) is 0 Å². The Bertz CT molecular complexity index is 971. The Labute approximate surface area is 172 Å². The number of hydrogen-bond acceptors (Lipinski definition) is 4. The van der Waals surface area contributed by atoms with Crippen molar-refractivity contribution in [2.24, 2.45) is 0 Å². The third-order valence-electron chi connectivity index (χ3n) is 5.42. The van der Waals surface area contributed by atoms with Crippen LogP contribution < -0.4 is 10.6 Å². The maximum atomic E-state index is 12.5. The fourth-order valence-electron chi connectivity index (χ4n) is 3.75. The summed E-state index contributed by atoms with van der Waals surface area (Å²) in [5.41, 5.74) is 1.46. The molecular weight excluding hydrogens is 388 g/mol. The SMILES string of the molecule is CCC1(c2ccc(NC(=O)Cc3ccccc3S(C)=O)cc2)CCC(=O)NC1=O. The fraction of sp³-hybridized carbons (Fsp3) is 0.318. The number of carbonyl (C=O) groups excluding carboxylic acids is 3. The van der Waals surface area contributed by atoms with E-state index in [2.05, 4.69) is 10.6 Å². The van der Waals surface area contributed by atoms with E-state index in [9.17, 15) is 18.6 Å². The van der Waals surface area contributed by atoms with Crippen LogP contribution in [-0.4, -0.2) is 28.2 Å². The molecule has 0 radical (unpaired) electrons. The van der Waals surface area contributed by atoms with Crippen LogP contribution in [0.15, 0.2) is 53.4 Å². The molecule has 3 amide bonds. The number of hydrogen-bond donors (Lipinski definition) is 2. The molecule has 1 saturated heterocycles. The summed E-state index contributed by atoms with van der Waals surface area (Å²) in [6, 6.07) is 14.3. The van der Waals surface area contributed by atoms with Gasteiger partial charge in [-0.1, -0.05) is 37.3 Å². The zero-order valence-corrected chi connectivity index (χ0v) is 17.3. The highest BCUT2D eigenvalue weighted by molar-refractivity contribution is 7.84. The van der Waals surface area contributed by atoms with Crippen molar-refractivity contribution >= 4 is 34.2 Å². The van der Waals surface area contributed by atoms with Crippen molar-refractivity contribution in [3.63, 3.8) is 0 Å². The van der Waals surface area contributed by atoms with Crippen LogP contribution in [0.1, 0.15) is 37.3 Å². The average molecular weight is 413 g/mol. The van der Waals surface area contributed by atoms with Crippen LogP contribution in [0.25, 0.3) is 0 Å². The Balaban J connectivity index is 1.72. The highest BCUT2D eigenvalue weighted by atomic mass is 32.2. The normalized spacial score (nSPS) is 20.1. The van der Waals surface area contributed by atoms with Crippen LogP contribution in [0.3, 0.4) is 0 Å². The maximum Gasteiger partial charge on any atom is 0.237 e. The molecule has 1 aliphatic rings. The minimum atomic E-state index is -1.16. The zero-order chi connectivity index (χ0) is 21.0. The minimum absolute atomic E-state index is 0.126. The minimum Gasteiger partial charge on any atom is -0.326 e.